The number of nitrogens with zero attached hydrogens (tertiary/aromatic N) is 2. The molecule has 4 rings (SSSR count). The van der Waals surface area contributed by atoms with E-state index in [1.54, 1.807) is 30.3 Å². The molecular formula is C20H16F2N2O3S2. The lowest BCUT2D eigenvalue weighted by molar-refractivity contribution is -0.128. The quantitative estimate of drug-likeness (QED) is 0.613. The van der Waals surface area contributed by atoms with E-state index in [2.05, 4.69) is 0 Å². The van der Waals surface area contributed by atoms with Crippen molar-refractivity contribution < 1.29 is 22.0 Å². The van der Waals surface area contributed by atoms with Crippen molar-refractivity contribution in [3.63, 3.8) is 0 Å². The Labute approximate surface area is 171 Å². The van der Waals surface area contributed by atoms with E-state index in [9.17, 15) is 22.0 Å². The van der Waals surface area contributed by atoms with Gasteiger partial charge in [0.25, 0.3) is 10.0 Å². The van der Waals surface area contributed by atoms with Gasteiger partial charge in [-0.15, -0.1) is 11.8 Å². The predicted molar refractivity (Wildman–Crippen MR) is 106 cm³/mol. The van der Waals surface area contributed by atoms with E-state index in [1.807, 2.05) is 0 Å². The maximum atomic E-state index is 14.1. The molecule has 2 heterocycles. The number of carbonyl (C=O) groups excluding carboxylic acids is 1. The number of benzene rings is 2. The van der Waals surface area contributed by atoms with E-state index in [4.69, 9.17) is 0 Å². The molecule has 0 spiro atoms. The Morgan fingerprint density at radius 3 is 2.55 bits per heavy atom. The summed E-state index contributed by atoms with van der Waals surface area (Å²) in [6.07, 6.45) is 1.42. The number of rotatable bonds is 5. The van der Waals surface area contributed by atoms with E-state index < -0.39 is 27.0 Å². The fourth-order valence-electron chi connectivity index (χ4n) is 3.21. The molecule has 0 bridgehead atoms. The van der Waals surface area contributed by atoms with E-state index >= 15 is 0 Å². The summed E-state index contributed by atoms with van der Waals surface area (Å²) in [5, 5.41) is -0.640. The number of hydrogen-bond acceptors (Lipinski definition) is 4. The second-order valence-corrected chi connectivity index (χ2v) is 9.35. The van der Waals surface area contributed by atoms with Crippen LogP contribution in [0, 0.1) is 11.6 Å². The van der Waals surface area contributed by atoms with Crippen LogP contribution < -0.4 is 0 Å². The lowest BCUT2D eigenvalue weighted by Gasteiger charge is -2.25. The van der Waals surface area contributed by atoms with Gasteiger partial charge in [0.15, 0.2) is 0 Å². The average molecular weight is 434 g/mol. The van der Waals surface area contributed by atoms with Gasteiger partial charge in [0, 0.05) is 11.8 Å². The Hall–Kier alpha value is -2.65. The van der Waals surface area contributed by atoms with Crippen molar-refractivity contribution in [3.8, 4) is 0 Å². The first kappa shape index (κ1) is 19.7. The van der Waals surface area contributed by atoms with Crippen molar-refractivity contribution in [1.29, 1.82) is 0 Å². The number of halogens is 2. The zero-order valence-corrected chi connectivity index (χ0v) is 16.7. The van der Waals surface area contributed by atoms with Crippen molar-refractivity contribution >= 4 is 27.7 Å². The molecule has 0 saturated carbocycles. The smallest absolute Gasteiger partial charge is 0.267 e. The zero-order valence-electron chi connectivity index (χ0n) is 15.0. The summed E-state index contributed by atoms with van der Waals surface area (Å²) in [5.41, 5.74) is 0.413. The highest BCUT2D eigenvalue weighted by molar-refractivity contribution is 8.00. The van der Waals surface area contributed by atoms with Crippen molar-refractivity contribution in [1.82, 2.24) is 8.87 Å². The minimum absolute atomic E-state index is 0.0369. The third-order valence-electron chi connectivity index (χ3n) is 4.61. The number of aromatic nitrogens is 1. The molecule has 0 aliphatic carbocycles. The zero-order chi connectivity index (χ0) is 20.6. The van der Waals surface area contributed by atoms with Crippen LogP contribution in [0.3, 0.4) is 0 Å². The number of thioether (sulfide) groups is 1. The van der Waals surface area contributed by atoms with Gasteiger partial charge in [-0.1, -0.05) is 18.2 Å². The van der Waals surface area contributed by atoms with Crippen molar-refractivity contribution in [2.24, 2.45) is 0 Å². The molecular weight excluding hydrogens is 418 g/mol. The molecule has 1 fully saturated rings. The Bertz CT molecular complexity index is 1160. The molecule has 1 aliphatic rings. The normalized spacial score (nSPS) is 17.1. The molecule has 0 N–H and O–H groups in total. The van der Waals surface area contributed by atoms with Crippen LogP contribution in [-0.4, -0.2) is 29.0 Å². The molecule has 29 heavy (non-hydrogen) atoms. The predicted octanol–water partition coefficient (Wildman–Crippen LogP) is 3.78. The fraction of sp³-hybridized carbons (Fsp3) is 0.150. The largest absolute Gasteiger partial charge is 0.320 e. The van der Waals surface area contributed by atoms with Gasteiger partial charge in [-0.05, 0) is 42.5 Å². The SMILES string of the molecule is O=C1CSC(c2cccn2S(=O)(=O)c2ccccc2)N1Cc1cc(F)ccc1F. The fourth-order valence-corrected chi connectivity index (χ4v) is 5.88. The van der Waals surface area contributed by atoms with Crippen LogP contribution in [0.1, 0.15) is 16.6 Å². The maximum absolute atomic E-state index is 14.1. The van der Waals surface area contributed by atoms with Gasteiger partial charge < -0.3 is 4.90 Å². The Kier molecular flexibility index (Phi) is 5.18. The molecule has 1 unspecified atom stereocenters. The lowest BCUT2D eigenvalue weighted by Crippen LogP contribution is -2.30. The van der Waals surface area contributed by atoms with Crippen molar-refractivity contribution in [2.75, 3.05) is 5.75 Å². The van der Waals surface area contributed by atoms with Gasteiger partial charge in [-0.25, -0.2) is 21.2 Å². The first-order valence-electron chi connectivity index (χ1n) is 8.71. The molecule has 150 valence electrons. The Morgan fingerprint density at radius 2 is 1.79 bits per heavy atom. The highest BCUT2D eigenvalue weighted by atomic mass is 32.2. The molecule has 1 atom stereocenters. The molecule has 1 aromatic heterocycles. The second-order valence-electron chi connectivity index (χ2n) is 6.47. The van der Waals surface area contributed by atoms with E-state index in [-0.39, 0.29) is 28.7 Å². The highest BCUT2D eigenvalue weighted by Gasteiger charge is 2.36. The van der Waals surface area contributed by atoms with Crippen LogP contribution >= 0.6 is 11.8 Å². The molecule has 1 saturated heterocycles. The molecule has 1 aliphatic heterocycles. The van der Waals surface area contributed by atoms with E-state index in [1.165, 1.54) is 35.0 Å². The highest BCUT2D eigenvalue weighted by Crippen LogP contribution is 2.40. The third-order valence-corrected chi connectivity index (χ3v) is 7.56. The van der Waals surface area contributed by atoms with E-state index in [0.29, 0.717) is 5.69 Å². The first-order chi connectivity index (χ1) is 13.9. The van der Waals surface area contributed by atoms with Gasteiger partial charge in [0.05, 0.1) is 22.9 Å². The van der Waals surface area contributed by atoms with Crippen LogP contribution in [0.15, 0.2) is 71.8 Å². The summed E-state index contributed by atoms with van der Waals surface area (Å²) < 4.78 is 54.9. The average Bonchev–Trinajstić information content (AvgIpc) is 3.33. The molecule has 2 aromatic carbocycles. The standard InChI is InChI=1S/C20H16F2N2O3S2/c21-15-8-9-17(22)14(11-15)12-23-19(25)13-28-20(23)18-7-4-10-24(18)29(26,27)16-5-2-1-3-6-16/h1-11,20H,12-13H2. The summed E-state index contributed by atoms with van der Waals surface area (Å²) in [6.45, 7) is -0.156. The molecule has 1 amide bonds. The van der Waals surface area contributed by atoms with Gasteiger partial charge in [-0.2, -0.15) is 0 Å². The van der Waals surface area contributed by atoms with Crippen LogP contribution in [0.4, 0.5) is 8.78 Å². The number of hydrogen-bond donors (Lipinski definition) is 0. The Morgan fingerprint density at radius 1 is 1.03 bits per heavy atom. The molecule has 0 radical (unpaired) electrons. The van der Waals surface area contributed by atoms with E-state index in [0.717, 1.165) is 22.2 Å². The third kappa shape index (κ3) is 3.67. The molecule has 5 nitrogen and oxygen atoms in total. The molecule has 9 heteroatoms. The minimum atomic E-state index is -3.86. The summed E-state index contributed by atoms with van der Waals surface area (Å²) in [4.78, 5) is 13.9. The van der Waals surface area contributed by atoms with Crippen LogP contribution in [0.25, 0.3) is 0 Å². The second kappa shape index (κ2) is 7.64. The number of carbonyl (C=O) groups is 1. The van der Waals surface area contributed by atoms with Crippen LogP contribution in [0.2, 0.25) is 0 Å². The minimum Gasteiger partial charge on any atom is -0.320 e. The maximum Gasteiger partial charge on any atom is 0.267 e. The lowest BCUT2D eigenvalue weighted by atomic mass is 10.2. The van der Waals surface area contributed by atoms with Crippen molar-refractivity contribution in [2.45, 2.75) is 16.8 Å². The van der Waals surface area contributed by atoms with Gasteiger partial charge in [0.2, 0.25) is 5.91 Å². The molecule has 3 aromatic rings. The topological polar surface area (TPSA) is 59.4 Å². The Balaban J connectivity index is 1.71. The monoisotopic (exact) mass is 434 g/mol. The van der Waals surface area contributed by atoms with Crippen LogP contribution in [0.5, 0.6) is 0 Å². The summed E-state index contributed by atoms with van der Waals surface area (Å²) in [6, 6.07) is 14.2. The summed E-state index contributed by atoms with van der Waals surface area (Å²) in [5.74, 6) is -1.37. The van der Waals surface area contributed by atoms with Gasteiger partial charge in [0.1, 0.15) is 17.0 Å². The van der Waals surface area contributed by atoms with Crippen LogP contribution in [-0.2, 0) is 21.4 Å². The first-order valence-corrected chi connectivity index (χ1v) is 11.2. The van der Waals surface area contributed by atoms with Gasteiger partial charge in [-0.3, -0.25) is 4.79 Å². The van der Waals surface area contributed by atoms with Gasteiger partial charge >= 0.3 is 0 Å². The number of amides is 1. The summed E-state index contributed by atoms with van der Waals surface area (Å²) in [7, 11) is -3.86. The summed E-state index contributed by atoms with van der Waals surface area (Å²) >= 11 is 1.25. The van der Waals surface area contributed by atoms with Crippen molar-refractivity contribution in [3.05, 3.63) is 89.8 Å².